The number of aryl methyl sites for hydroxylation is 1. The van der Waals surface area contributed by atoms with Crippen LogP contribution in [0.2, 0.25) is 5.02 Å². The summed E-state index contributed by atoms with van der Waals surface area (Å²) in [7, 11) is 0. The van der Waals surface area contributed by atoms with Crippen molar-refractivity contribution in [3.05, 3.63) is 34.6 Å². The Morgan fingerprint density at radius 1 is 0.793 bits per heavy atom. The first-order valence-electron chi connectivity index (χ1n) is 11.8. The zero-order valence-electron chi connectivity index (χ0n) is 17.6. The number of ether oxygens (including phenoxy) is 2. The Labute approximate surface area is 180 Å². The molecule has 0 aromatic heterocycles. The second kappa shape index (κ2) is 10.6. The third-order valence-electron chi connectivity index (χ3n) is 7.78. The molecule has 1 aromatic rings. The Morgan fingerprint density at radius 3 is 1.97 bits per heavy atom. The molecule has 2 saturated carbocycles. The maximum atomic E-state index is 13.6. The lowest BCUT2D eigenvalue weighted by molar-refractivity contribution is -0.0514. The van der Waals surface area contributed by atoms with Gasteiger partial charge in [0.05, 0.1) is 18.2 Å². The molecule has 1 aromatic carbocycles. The minimum Gasteiger partial charge on any atom is -0.350 e. The fraction of sp³-hybridized carbons (Fsp3) is 0.760. The third-order valence-corrected chi connectivity index (χ3v) is 8.08. The third kappa shape index (κ3) is 6.18. The van der Waals surface area contributed by atoms with Crippen molar-refractivity contribution in [2.45, 2.75) is 83.3 Å². The van der Waals surface area contributed by atoms with Crippen molar-refractivity contribution in [3.63, 3.8) is 0 Å². The minimum atomic E-state index is -0.285. The largest absolute Gasteiger partial charge is 0.350 e. The molecular weight excluding hydrogens is 387 g/mol. The number of benzene rings is 1. The van der Waals surface area contributed by atoms with E-state index in [9.17, 15) is 4.39 Å². The smallest absolute Gasteiger partial charge is 0.157 e. The molecule has 1 heterocycles. The molecule has 3 fully saturated rings. The van der Waals surface area contributed by atoms with Gasteiger partial charge < -0.3 is 9.47 Å². The van der Waals surface area contributed by atoms with Crippen LogP contribution in [0.3, 0.4) is 0 Å². The van der Waals surface area contributed by atoms with Crippen LogP contribution in [0.1, 0.15) is 76.2 Å². The van der Waals surface area contributed by atoms with Crippen molar-refractivity contribution in [3.8, 4) is 0 Å². The van der Waals surface area contributed by atoms with E-state index in [4.69, 9.17) is 21.1 Å². The van der Waals surface area contributed by atoms with E-state index in [0.29, 0.717) is 0 Å². The van der Waals surface area contributed by atoms with E-state index in [-0.39, 0.29) is 17.1 Å². The molecule has 2 nitrogen and oxygen atoms in total. The van der Waals surface area contributed by atoms with Gasteiger partial charge in [0.15, 0.2) is 6.29 Å². The van der Waals surface area contributed by atoms with Crippen LogP contribution in [0.4, 0.5) is 4.39 Å². The zero-order chi connectivity index (χ0) is 20.1. The Balaban J connectivity index is 1.12. The van der Waals surface area contributed by atoms with Crippen LogP contribution in [0, 0.1) is 29.5 Å². The van der Waals surface area contributed by atoms with Crippen molar-refractivity contribution in [2.75, 3.05) is 13.2 Å². The molecule has 2 aliphatic carbocycles. The zero-order valence-corrected chi connectivity index (χ0v) is 18.3. The first-order valence-corrected chi connectivity index (χ1v) is 12.2. The van der Waals surface area contributed by atoms with Crippen molar-refractivity contribution in [2.24, 2.45) is 23.7 Å². The van der Waals surface area contributed by atoms with E-state index in [2.05, 4.69) is 0 Å². The van der Waals surface area contributed by atoms with Crippen LogP contribution < -0.4 is 0 Å². The van der Waals surface area contributed by atoms with Gasteiger partial charge in [0.25, 0.3) is 0 Å². The topological polar surface area (TPSA) is 18.5 Å². The molecule has 4 rings (SSSR count). The lowest BCUT2D eigenvalue weighted by atomic mass is 9.68. The van der Waals surface area contributed by atoms with Gasteiger partial charge in [-0.25, -0.2) is 4.39 Å². The first-order chi connectivity index (χ1) is 14.2. The van der Waals surface area contributed by atoms with E-state index in [0.717, 1.165) is 55.3 Å². The highest BCUT2D eigenvalue weighted by Crippen LogP contribution is 2.43. The van der Waals surface area contributed by atoms with Gasteiger partial charge in [-0.2, -0.15) is 0 Å². The minimum absolute atomic E-state index is 0.0763. The van der Waals surface area contributed by atoms with Gasteiger partial charge in [0.1, 0.15) is 5.82 Å². The Kier molecular flexibility index (Phi) is 7.89. The Morgan fingerprint density at radius 2 is 1.38 bits per heavy atom. The molecule has 0 N–H and O–H groups in total. The monoisotopic (exact) mass is 422 g/mol. The lowest BCUT2D eigenvalue weighted by Gasteiger charge is -2.38. The van der Waals surface area contributed by atoms with Gasteiger partial charge >= 0.3 is 0 Å². The maximum absolute atomic E-state index is 13.6. The number of hydrogen-bond acceptors (Lipinski definition) is 2. The summed E-state index contributed by atoms with van der Waals surface area (Å²) in [5.74, 6) is 3.31. The second-order valence-electron chi connectivity index (χ2n) is 9.60. The van der Waals surface area contributed by atoms with Crippen molar-refractivity contribution < 1.29 is 13.9 Å². The highest BCUT2D eigenvalue weighted by molar-refractivity contribution is 6.30. The van der Waals surface area contributed by atoms with Crippen LogP contribution in [0.5, 0.6) is 0 Å². The molecule has 0 spiro atoms. The van der Waals surface area contributed by atoms with E-state index in [1.807, 2.05) is 6.07 Å². The fourth-order valence-electron chi connectivity index (χ4n) is 5.91. The van der Waals surface area contributed by atoms with E-state index >= 15 is 0 Å². The van der Waals surface area contributed by atoms with Gasteiger partial charge in [-0.1, -0.05) is 43.4 Å². The van der Waals surface area contributed by atoms with E-state index < -0.39 is 0 Å². The summed E-state index contributed by atoms with van der Waals surface area (Å²) in [5, 5.41) is 0.226. The molecule has 0 amide bonds. The van der Waals surface area contributed by atoms with E-state index in [1.165, 1.54) is 64.2 Å². The van der Waals surface area contributed by atoms with Gasteiger partial charge in [-0.3, -0.25) is 0 Å². The standard InChI is InChI=1S/C25H36ClFO2/c26-23-13-7-20(17-24(23)27)2-1-18-3-9-21(10-4-18)22-11-5-19(6-12-22)8-14-25-28-15-16-29-25/h7,13,17-19,21-22,25H,1-6,8-12,14-16H2. The van der Waals surface area contributed by atoms with E-state index in [1.54, 1.807) is 12.1 Å². The lowest BCUT2D eigenvalue weighted by Crippen LogP contribution is -2.26. The molecule has 29 heavy (non-hydrogen) atoms. The number of halogens is 2. The molecule has 1 aliphatic heterocycles. The molecule has 0 unspecified atom stereocenters. The van der Waals surface area contributed by atoms with Crippen molar-refractivity contribution in [1.82, 2.24) is 0 Å². The molecule has 3 aliphatic rings. The highest BCUT2D eigenvalue weighted by Gasteiger charge is 2.31. The SMILES string of the molecule is Fc1cc(CCC2CCC(C3CCC(CCC4OCCO4)CC3)CC2)ccc1Cl. The predicted octanol–water partition coefficient (Wildman–Crippen LogP) is 7.18. The molecule has 0 bridgehead atoms. The second-order valence-corrected chi connectivity index (χ2v) is 10.0. The molecule has 162 valence electrons. The summed E-state index contributed by atoms with van der Waals surface area (Å²) in [5.41, 5.74) is 1.08. The Bertz CT molecular complexity index is 630. The summed E-state index contributed by atoms with van der Waals surface area (Å²) in [6.07, 6.45) is 15.8. The van der Waals surface area contributed by atoms with Crippen LogP contribution >= 0.6 is 11.6 Å². The number of hydrogen-bond donors (Lipinski definition) is 0. The summed E-state index contributed by atoms with van der Waals surface area (Å²) < 4.78 is 24.8. The summed E-state index contributed by atoms with van der Waals surface area (Å²) >= 11 is 5.79. The van der Waals surface area contributed by atoms with Crippen LogP contribution in [-0.2, 0) is 15.9 Å². The molecular formula is C25H36ClFO2. The molecule has 4 heteroatoms. The van der Waals surface area contributed by atoms with Crippen molar-refractivity contribution in [1.29, 1.82) is 0 Å². The molecule has 0 atom stereocenters. The first kappa shape index (κ1) is 21.6. The van der Waals surface area contributed by atoms with Crippen LogP contribution in [-0.4, -0.2) is 19.5 Å². The highest BCUT2D eigenvalue weighted by atomic mass is 35.5. The molecule has 1 saturated heterocycles. The van der Waals surface area contributed by atoms with Gasteiger partial charge in [-0.05, 0) is 92.7 Å². The maximum Gasteiger partial charge on any atom is 0.157 e. The van der Waals surface area contributed by atoms with Crippen molar-refractivity contribution >= 4 is 11.6 Å². The van der Waals surface area contributed by atoms with Crippen LogP contribution in [0.25, 0.3) is 0 Å². The van der Waals surface area contributed by atoms with Gasteiger partial charge in [-0.15, -0.1) is 0 Å². The summed E-state index contributed by atoms with van der Waals surface area (Å²) in [4.78, 5) is 0. The van der Waals surface area contributed by atoms with Crippen LogP contribution in [0.15, 0.2) is 18.2 Å². The molecule has 0 radical (unpaired) electrons. The van der Waals surface area contributed by atoms with Gasteiger partial charge in [0, 0.05) is 0 Å². The average Bonchev–Trinajstić information content (AvgIpc) is 3.28. The van der Waals surface area contributed by atoms with Gasteiger partial charge in [0.2, 0.25) is 0 Å². The summed E-state index contributed by atoms with van der Waals surface area (Å²) in [6.45, 7) is 1.55. The Hall–Kier alpha value is -0.640. The average molecular weight is 423 g/mol. The summed E-state index contributed by atoms with van der Waals surface area (Å²) in [6, 6.07) is 5.27. The quantitative estimate of drug-likeness (QED) is 0.463. The predicted molar refractivity (Wildman–Crippen MR) is 116 cm³/mol. The normalized spacial score (nSPS) is 31.2. The number of rotatable bonds is 7. The fourth-order valence-corrected chi connectivity index (χ4v) is 6.03.